The van der Waals surface area contributed by atoms with Gasteiger partial charge in [-0.3, -0.25) is 10.1 Å². The fourth-order valence-corrected chi connectivity index (χ4v) is 4.62. The van der Waals surface area contributed by atoms with Crippen LogP contribution in [-0.2, 0) is 28.9 Å². The lowest BCUT2D eigenvalue weighted by atomic mass is 9.96. The van der Waals surface area contributed by atoms with Gasteiger partial charge in [-0.15, -0.1) is 4.72 Å². The Morgan fingerprint density at radius 2 is 1.81 bits per heavy atom. The van der Waals surface area contributed by atoms with Gasteiger partial charge >= 0.3 is 12.2 Å². The summed E-state index contributed by atoms with van der Waals surface area (Å²) in [5, 5.41) is 4.84. The first kappa shape index (κ1) is 22.3. The number of aromatic nitrogens is 2. The normalized spacial score (nSPS) is 21.8. The van der Waals surface area contributed by atoms with E-state index in [1.165, 1.54) is 0 Å². The molecule has 2 heterocycles. The average Bonchev–Trinajstić information content (AvgIpc) is 3.54. The maximum absolute atomic E-state index is 12.5. The Labute approximate surface area is 183 Å². The second-order valence-electron chi connectivity index (χ2n) is 7.45. The molecule has 1 aliphatic carbocycles. The summed E-state index contributed by atoms with van der Waals surface area (Å²) in [6, 6.07) is 5.98. The largest absolute Gasteiger partial charge is 0.598 e. The van der Waals surface area contributed by atoms with Gasteiger partial charge in [0.15, 0.2) is 17.0 Å². The molecular weight excluding hydrogens is 451 g/mol. The van der Waals surface area contributed by atoms with Crippen molar-refractivity contribution in [2.45, 2.75) is 31.1 Å². The Kier molecular flexibility index (Phi) is 5.97. The highest BCUT2D eigenvalue weighted by atomic mass is 32.2. The molecule has 1 aromatic carbocycles. The Balaban J connectivity index is 1.30. The molecule has 1 saturated heterocycles. The van der Waals surface area contributed by atoms with Gasteiger partial charge in [0, 0.05) is 11.4 Å². The molecule has 2 atom stereocenters. The number of carbonyl (C=O) groups excluding carboxylic acids is 2. The Hall–Kier alpha value is -2.90. The number of amides is 3. The van der Waals surface area contributed by atoms with Crippen LogP contribution in [0.3, 0.4) is 0 Å². The quantitative estimate of drug-likeness (QED) is 0.399. The zero-order valence-electron chi connectivity index (χ0n) is 16.4. The fourth-order valence-electron chi connectivity index (χ4n) is 3.34. The first-order valence-electron chi connectivity index (χ1n) is 9.57. The van der Waals surface area contributed by atoms with Gasteiger partial charge in [0.25, 0.3) is 5.91 Å². The van der Waals surface area contributed by atoms with Gasteiger partial charge in [-0.25, -0.2) is 14.8 Å². The van der Waals surface area contributed by atoms with Crippen LogP contribution in [0.25, 0.3) is 0 Å². The number of benzene rings is 1. The van der Waals surface area contributed by atoms with Crippen LogP contribution < -0.4 is 20.1 Å². The molecule has 2 aromatic rings. The molecule has 1 aromatic heterocycles. The fraction of sp³-hybridized carbons (Fsp3) is 0.368. The molecular formula is C19H18F3N5O4S. The summed E-state index contributed by atoms with van der Waals surface area (Å²) in [6.07, 6.45) is -1.18. The summed E-state index contributed by atoms with van der Waals surface area (Å²) in [6.45, 7) is 0.229. The highest BCUT2D eigenvalue weighted by Crippen LogP contribution is 2.42. The number of imide groups is 1. The molecule has 0 bridgehead atoms. The number of hydrogen-bond donors (Lipinski definition) is 3. The van der Waals surface area contributed by atoms with Crippen molar-refractivity contribution in [1.82, 2.24) is 25.3 Å². The molecule has 2 aliphatic rings. The number of nitrogens with zero attached hydrogens (tertiary/aromatic N) is 2. The van der Waals surface area contributed by atoms with E-state index in [0.29, 0.717) is 5.75 Å². The van der Waals surface area contributed by atoms with Crippen molar-refractivity contribution in [3.8, 4) is 11.5 Å². The molecule has 9 nitrogen and oxygen atoms in total. The molecule has 3 amide bonds. The lowest BCUT2D eigenvalue weighted by molar-refractivity contribution is -0.145. The number of hydrogen-bond acceptors (Lipinski definition) is 7. The predicted molar refractivity (Wildman–Crippen MR) is 106 cm³/mol. The van der Waals surface area contributed by atoms with Gasteiger partial charge in [-0.05, 0) is 36.5 Å². The topological polar surface area (TPSA) is 128 Å². The second-order valence-corrected chi connectivity index (χ2v) is 8.72. The maximum Gasteiger partial charge on any atom is 0.451 e. The first-order valence-corrected chi connectivity index (χ1v) is 10.9. The number of halogens is 3. The summed E-state index contributed by atoms with van der Waals surface area (Å²) >= 11 is -1.58. The lowest BCUT2D eigenvalue weighted by Gasteiger charge is -2.26. The van der Waals surface area contributed by atoms with E-state index in [4.69, 9.17) is 4.74 Å². The molecule has 32 heavy (non-hydrogen) atoms. The van der Waals surface area contributed by atoms with Crippen molar-refractivity contribution in [3.05, 3.63) is 48.0 Å². The Bertz CT molecular complexity index is 1000. The monoisotopic (exact) mass is 469 g/mol. The van der Waals surface area contributed by atoms with E-state index in [9.17, 15) is 27.3 Å². The minimum absolute atomic E-state index is 0.0229. The van der Waals surface area contributed by atoms with Crippen molar-refractivity contribution in [3.63, 3.8) is 0 Å². The van der Waals surface area contributed by atoms with Gasteiger partial charge in [0.05, 0.1) is 18.9 Å². The van der Waals surface area contributed by atoms with Crippen molar-refractivity contribution in [2.75, 3.05) is 5.75 Å². The van der Waals surface area contributed by atoms with Gasteiger partial charge < -0.3 is 14.6 Å². The van der Waals surface area contributed by atoms with Gasteiger partial charge in [0.1, 0.15) is 5.75 Å². The number of nitrogens with one attached hydrogen (secondary N) is 3. The Morgan fingerprint density at radius 1 is 1.16 bits per heavy atom. The van der Waals surface area contributed by atoms with Gasteiger partial charge in [-0.2, -0.15) is 13.2 Å². The third-order valence-corrected chi connectivity index (χ3v) is 6.26. The van der Waals surface area contributed by atoms with Crippen LogP contribution >= 0.6 is 0 Å². The number of alkyl halides is 3. The predicted octanol–water partition coefficient (Wildman–Crippen LogP) is 2.03. The molecule has 1 unspecified atom stereocenters. The van der Waals surface area contributed by atoms with E-state index >= 15 is 0 Å². The van der Waals surface area contributed by atoms with Crippen LogP contribution in [0.1, 0.15) is 24.2 Å². The minimum Gasteiger partial charge on any atom is -0.598 e. The van der Waals surface area contributed by atoms with E-state index in [1.807, 2.05) is 0 Å². The lowest BCUT2D eigenvalue weighted by Crippen LogP contribution is -2.55. The third kappa shape index (κ3) is 4.95. The van der Waals surface area contributed by atoms with Crippen molar-refractivity contribution in [1.29, 1.82) is 0 Å². The third-order valence-electron chi connectivity index (χ3n) is 5.08. The summed E-state index contributed by atoms with van der Waals surface area (Å²) in [5.74, 6) is -1.36. The zero-order valence-corrected chi connectivity index (χ0v) is 17.3. The zero-order chi connectivity index (χ0) is 22.9. The van der Waals surface area contributed by atoms with Crippen LogP contribution in [0.15, 0.2) is 36.7 Å². The summed E-state index contributed by atoms with van der Waals surface area (Å²) in [5.41, 5.74) is -0.383. The molecule has 0 radical (unpaired) electrons. The molecule has 170 valence electrons. The van der Waals surface area contributed by atoms with E-state index in [0.717, 1.165) is 30.8 Å². The number of rotatable bonds is 8. The van der Waals surface area contributed by atoms with Crippen molar-refractivity contribution < 1.29 is 32.0 Å². The molecule has 0 spiro atoms. The van der Waals surface area contributed by atoms with Gasteiger partial charge in [0.2, 0.25) is 5.82 Å². The molecule has 2 fully saturated rings. The van der Waals surface area contributed by atoms with Crippen molar-refractivity contribution >= 4 is 23.3 Å². The van der Waals surface area contributed by atoms with E-state index in [2.05, 4.69) is 25.3 Å². The molecule has 13 heteroatoms. The summed E-state index contributed by atoms with van der Waals surface area (Å²) in [7, 11) is 0. The SMILES string of the molecule is O=C1NC(=O)[C@](C[S+]([O-])NCc2ccc(Oc3cnc(C(F)(F)F)nc3)cc2)(C2CC2)N1. The smallest absolute Gasteiger partial charge is 0.451 e. The van der Waals surface area contributed by atoms with Crippen LogP contribution in [0.4, 0.5) is 18.0 Å². The average molecular weight is 469 g/mol. The van der Waals surface area contributed by atoms with Crippen LogP contribution in [0.5, 0.6) is 11.5 Å². The van der Waals surface area contributed by atoms with Crippen molar-refractivity contribution in [2.24, 2.45) is 5.92 Å². The Morgan fingerprint density at radius 3 is 2.34 bits per heavy atom. The van der Waals surface area contributed by atoms with Crippen LogP contribution in [-0.4, -0.2) is 37.8 Å². The summed E-state index contributed by atoms with van der Waals surface area (Å²) in [4.78, 5) is 30.2. The molecule has 3 N–H and O–H groups in total. The molecule has 1 aliphatic heterocycles. The standard InChI is InChI=1S/C19H18F3N5O4S/c20-19(21,22)15-23-8-14(9-24-15)31-13-5-1-11(2-6-13)7-25-32(30)10-18(12-3-4-12)16(28)26-17(29)27-18/h1-2,5-6,8-9,12,25H,3-4,7,10H2,(H2,26,27,28,29)/t18-,32?/m0/s1. The van der Waals surface area contributed by atoms with E-state index < -0.39 is 40.8 Å². The molecule has 4 rings (SSSR count). The van der Waals surface area contributed by atoms with Gasteiger partial charge in [-0.1, -0.05) is 12.1 Å². The second kappa shape index (κ2) is 8.56. The first-order chi connectivity index (χ1) is 15.2. The molecule has 1 saturated carbocycles. The number of ether oxygens (including phenoxy) is 1. The number of carbonyl (C=O) groups is 2. The minimum atomic E-state index is -4.63. The summed E-state index contributed by atoms with van der Waals surface area (Å²) < 4.78 is 58.3. The van der Waals surface area contributed by atoms with Crippen LogP contribution in [0, 0.1) is 5.92 Å². The van der Waals surface area contributed by atoms with E-state index in [-0.39, 0.29) is 24.0 Å². The highest BCUT2D eigenvalue weighted by molar-refractivity contribution is 7.89. The maximum atomic E-state index is 12.5. The van der Waals surface area contributed by atoms with E-state index in [1.54, 1.807) is 24.3 Å². The van der Waals surface area contributed by atoms with Crippen LogP contribution in [0.2, 0.25) is 0 Å². The highest BCUT2D eigenvalue weighted by Gasteiger charge is 2.58. The number of urea groups is 1.